The highest BCUT2D eigenvalue weighted by atomic mass is 32.2. The molecular formula is C15H22N2O4S. The summed E-state index contributed by atoms with van der Waals surface area (Å²) in [6.07, 6.45) is 2.42. The normalized spacial score (nSPS) is 16.7. The summed E-state index contributed by atoms with van der Waals surface area (Å²) in [5, 5.41) is 0. The lowest BCUT2D eigenvalue weighted by Crippen LogP contribution is -2.46. The van der Waals surface area contributed by atoms with Crippen LogP contribution in [0, 0.1) is 0 Å². The van der Waals surface area contributed by atoms with Crippen molar-refractivity contribution in [2.24, 2.45) is 0 Å². The summed E-state index contributed by atoms with van der Waals surface area (Å²) in [6.45, 7) is 1.49. The van der Waals surface area contributed by atoms with E-state index in [0.29, 0.717) is 38.1 Å². The predicted molar refractivity (Wildman–Crippen MR) is 84.1 cm³/mol. The van der Waals surface area contributed by atoms with Gasteiger partial charge in [-0.15, -0.1) is 0 Å². The maximum atomic E-state index is 12.6. The van der Waals surface area contributed by atoms with Crippen LogP contribution in [0.5, 0.6) is 0 Å². The molecule has 1 heterocycles. The van der Waals surface area contributed by atoms with Gasteiger partial charge in [-0.3, -0.25) is 4.79 Å². The maximum Gasteiger partial charge on any atom is 0.254 e. The van der Waals surface area contributed by atoms with Crippen LogP contribution in [0.15, 0.2) is 24.3 Å². The summed E-state index contributed by atoms with van der Waals surface area (Å²) in [4.78, 5) is 14.4. The number of carbonyl (C=O) groups excluding carboxylic acids is 1. The Kier molecular flexibility index (Phi) is 5.55. The van der Waals surface area contributed by atoms with Gasteiger partial charge in [0, 0.05) is 31.8 Å². The van der Waals surface area contributed by atoms with Gasteiger partial charge < -0.3 is 9.64 Å². The van der Waals surface area contributed by atoms with E-state index in [1.807, 2.05) is 18.2 Å². The van der Waals surface area contributed by atoms with E-state index in [1.54, 1.807) is 18.1 Å². The molecule has 22 heavy (non-hydrogen) atoms. The van der Waals surface area contributed by atoms with Crippen molar-refractivity contribution in [1.29, 1.82) is 0 Å². The van der Waals surface area contributed by atoms with Crippen molar-refractivity contribution in [3.63, 3.8) is 0 Å². The molecule has 2 rings (SSSR count). The van der Waals surface area contributed by atoms with Gasteiger partial charge in [-0.1, -0.05) is 18.2 Å². The number of rotatable bonds is 5. The van der Waals surface area contributed by atoms with E-state index in [-0.39, 0.29) is 11.9 Å². The lowest BCUT2D eigenvalue weighted by Gasteiger charge is -2.32. The van der Waals surface area contributed by atoms with Gasteiger partial charge in [0.05, 0.1) is 12.9 Å². The first-order chi connectivity index (χ1) is 10.4. The number of carbonyl (C=O) groups is 1. The van der Waals surface area contributed by atoms with E-state index >= 15 is 0 Å². The van der Waals surface area contributed by atoms with Gasteiger partial charge in [-0.25, -0.2) is 13.1 Å². The van der Waals surface area contributed by atoms with Gasteiger partial charge in [-0.05, 0) is 24.5 Å². The Labute approximate surface area is 131 Å². The zero-order chi connectivity index (χ0) is 16.2. The van der Waals surface area contributed by atoms with Crippen LogP contribution in [0.3, 0.4) is 0 Å². The van der Waals surface area contributed by atoms with Gasteiger partial charge in [-0.2, -0.15) is 0 Å². The quantitative estimate of drug-likeness (QED) is 0.875. The van der Waals surface area contributed by atoms with Crippen LogP contribution < -0.4 is 4.72 Å². The first-order valence-electron chi connectivity index (χ1n) is 7.24. The minimum Gasteiger partial charge on any atom is -0.380 e. The Morgan fingerprint density at radius 1 is 1.32 bits per heavy atom. The lowest BCUT2D eigenvalue weighted by molar-refractivity contribution is 0.0706. The largest absolute Gasteiger partial charge is 0.380 e. The summed E-state index contributed by atoms with van der Waals surface area (Å²) in [5.41, 5.74) is 1.52. The molecule has 1 saturated heterocycles. The molecule has 0 aliphatic carbocycles. The molecule has 1 amide bonds. The summed E-state index contributed by atoms with van der Waals surface area (Å²) < 4.78 is 30.2. The molecule has 0 spiro atoms. The second-order valence-electron chi connectivity index (χ2n) is 5.55. The molecule has 0 saturated carbocycles. The topological polar surface area (TPSA) is 75.7 Å². The first kappa shape index (κ1) is 16.9. The number of benzene rings is 1. The molecule has 122 valence electrons. The fourth-order valence-corrected chi connectivity index (χ4v) is 3.53. The monoisotopic (exact) mass is 326 g/mol. The Morgan fingerprint density at radius 2 is 1.95 bits per heavy atom. The van der Waals surface area contributed by atoms with Crippen LogP contribution in [0.1, 0.15) is 28.8 Å². The van der Waals surface area contributed by atoms with Crippen LogP contribution in [0.25, 0.3) is 0 Å². The van der Waals surface area contributed by atoms with Gasteiger partial charge in [0.15, 0.2) is 0 Å². The molecule has 1 aromatic carbocycles. The molecule has 1 fully saturated rings. The number of amides is 1. The lowest BCUT2D eigenvalue weighted by atomic mass is 10.0. The SMILES string of the molecule is COCc1ccccc1C(=O)N1CCC(NS(C)(=O)=O)CC1. The standard InChI is InChI=1S/C15H22N2O4S/c1-21-11-12-5-3-4-6-14(12)15(18)17-9-7-13(8-10-17)16-22(2,19)20/h3-6,13,16H,7-11H2,1-2H3. The van der Waals surface area contributed by atoms with Crippen LogP contribution in [-0.2, 0) is 21.4 Å². The number of methoxy groups -OCH3 is 1. The minimum atomic E-state index is -3.20. The molecule has 6 nitrogen and oxygen atoms in total. The number of nitrogens with one attached hydrogen (secondary N) is 1. The number of hydrogen-bond acceptors (Lipinski definition) is 4. The third kappa shape index (κ3) is 4.53. The number of ether oxygens (including phenoxy) is 1. The molecule has 1 aliphatic rings. The molecule has 1 aromatic rings. The molecular weight excluding hydrogens is 304 g/mol. The van der Waals surface area contributed by atoms with Crippen molar-refractivity contribution in [3.8, 4) is 0 Å². The number of hydrogen-bond donors (Lipinski definition) is 1. The molecule has 0 radical (unpaired) electrons. The number of likely N-dealkylation sites (tertiary alicyclic amines) is 1. The van der Waals surface area contributed by atoms with E-state index in [0.717, 1.165) is 11.8 Å². The smallest absolute Gasteiger partial charge is 0.254 e. The molecule has 0 bridgehead atoms. The maximum absolute atomic E-state index is 12.6. The molecule has 0 aromatic heterocycles. The fraction of sp³-hybridized carbons (Fsp3) is 0.533. The number of nitrogens with zero attached hydrogens (tertiary/aromatic N) is 1. The van der Waals surface area contributed by atoms with Crippen molar-refractivity contribution in [2.45, 2.75) is 25.5 Å². The number of sulfonamides is 1. The Balaban J connectivity index is 2.01. The third-order valence-electron chi connectivity index (χ3n) is 3.71. The second kappa shape index (κ2) is 7.21. The predicted octanol–water partition coefficient (Wildman–Crippen LogP) is 0.987. The van der Waals surface area contributed by atoms with Gasteiger partial charge in [0.1, 0.15) is 0 Å². The van der Waals surface area contributed by atoms with Crippen LogP contribution in [-0.4, -0.2) is 51.7 Å². The highest BCUT2D eigenvalue weighted by molar-refractivity contribution is 7.88. The van der Waals surface area contributed by atoms with E-state index in [2.05, 4.69) is 4.72 Å². The molecule has 1 aliphatic heterocycles. The van der Waals surface area contributed by atoms with Gasteiger partial charge in [0.2, 0.25) is 10.0 Å². The summed E-state index contributed by atoms with van der Waals surface area (Å²) in [6, 6.07) is 7.32. The van der Waals surface area contributed by atoms with Gasteiger partial charge in [0.25, 0.3) is 5.91 Å². The van der Waals surface area contributed by atoms with Crippen LogP contribution in [0.2, 0.25) is 0 Å². The Hall–Kier alpha value is -1.44. The van der Waals surface area contributed by atoms with E-state index in [9.17, 15) is 13.2 Å². The summed E-state index contributed by atoms with van der Waals surface area (Å²) in [5.74, 6) is -0.0227. The molecule has 7 heteroatoms. The Morgan fingerprint density at radius 3 is 2.55 bits per heavy atom. The zero-order valence-corrected chi connectivity index (χ0v) is 13.7. The van der Waals surface area contributed by atoms with Crippen molar-refractivity contribution in [1.82, 2.24) is 9.62 Å². The van der Waals surface area contributed by atoms with Crippen molar-refractivity contribution in [2.75, 3.05) is 26.5 Å². The fourth-order valence-electron chi connectivity index (χ4n) is 2.68. The van der Waals surface area contributed by atoms with Crippen LogP contribution >= 0.6 is 0 Å². The first-order valence-corrected chi connectivity index (χ1v) is 9.13. The zero-order valence-electron chi connectivity index (χ0n) is 12.9. The molecule has 0 atom stereocenters. The highest BCUT2D eigenvalue weighted by Gasteiger charge is 2.26. The number of piperidine rings is 1. The summed E-state index contributed by atoms with van der Waals surface area (Å²) in [7, 11) is -1.60. The van der Waals surface area contributed by atoms with E-state index < -0.39 is 10.0 Å². The average molecular weight is 326 g/mol. The van der Waals surface area contributed by atoms with Crippen molar-refractivity contribution in [3.05, 3.63) is 35.4 Å². The second-order valence-corrected chi connectivity index (χ2v) is 7.33. The van der Waals surface area contributed by atoms with Crippen molar-refractivity contribution >= 4 is 15.9 Å². The average Bonchev–Trinajstić information content (AvgIpc) is 2.47. The Bertz CT molecular complexity index is 622. The van der Waals surface area contributed by atoms with E-state index in [1.165, 1.54) is 0 Å². The van der Waals surface area contributed by atoms with Crippen molar-refractivity contribution < 1.29 is 17.9 Å². The minimum absolute atomic E-state index is 0.0227. The third-order valence-corrected chi connectivity index (χ3v) is 4.47. The molecule has 1 N–H and O–H groups in total. The van der Waals surface area contributed by atoms with Crippen LogP contribution in [0.4, 0.5) is 0 Å². The van der Waals surface area contributed by atoms with Gasteiger partial charge >= 0.3 is 0 Å². The van der Waals surface area contributed by atoms with E-state index in [4.69, 9.17) is 4.74 Å². The highest BCUT2D eigenvalue weighted by Crippen LogP contribution is 2.17. The molecule has 0 unspecified atom stereocenters. The summed E-state index contributed by atoms with van der Waals surface area (Å²) >= 11 is 0.